The second kappa shape index (κ2) is 7.87. The molecule has 0 saturated carbocycles. The molecular formula is C18H21N5O2. The van der Waals surface area contributed by atoms with Crippen molar-refractivity contribution in [3.63, 3.8) is 0 Å². The summed E-state index contributed by atoms with van der Waals surface area (Å²) in [5.41, 5.74) is 2.85. The molecule has 0 radical (unpaired) electrons. The molecule has 0 spiro atoms. The fourth-order valence-corrected chi connectivity index (χ4v) is 2.57. The second-order valence-corrected chi connectivity index (χ2v) is 5.77. The van der Waals surface area contributed by atoms with Crippen molar-refractivity contribution in [3.05, 3.63) is 66.0 Å². The van der Waals surface area contributed by atoms with Crippen LogP contribution in [0.15, 0.2) is 54.9 Å². The Morgan fingerprint density at radius 1 is 1.16 bits per heavy atom. The Morgan fingerprint density at radius 3 is 2.64 bits per heavy atom. The smallest absolute Gasteiger partial charge is 0.143 e. The Kier molecular flexibility index (Phi) is 5.37. The summed E-state index contributed by atoms with van der Waals surface area (Å²) >= 11 is 0. The van der Waals surface area contributed by atoms with Gasteiger partial charge in [-0.1, -0.05) is 24.3 Å². The van der Waals surface area contributed by atoms with E-state index in [-0.39, 0.29) is 6.04 Å². The topological polar surface area (TPSA) is 85.1 Å². The van der Waals surface area contributed by atoms with Crippen LogP contribution in [-0.2, 0) is 0 Å². The molecule has 0 aliphatic rings. The minimum Gasteiger partial charge on any atom is -0.497 e. The SMILES string of the molecule is COc1cccc([C@@H](O)CN[C@@H](C)c2ccc(-n3cnnn3)cc2)c1. The van der Waals surface area contributed by atoms with E-state index in [1.165, 1.54) is 0 Å². The molecule has 3 aromatic rings. The maximum atomic E-state index is 10.4. The number of nitrogens with zero attached hydrogens (tertiary/aromatic N) is 4. The fraction of sp³-hybridized carbons (Fsp3) is 0.278. The summed E-state index contributed by atoms with van der Waals surface area (Å²) in [5, 5.41) is 24.8. The zero-order valence-electron chi connectivity index (χ0n) is 14.2. The van der Waals surface area contributed by atoms with Crippen LogP contribution >= 0.6 is 0 Å². The van der Waals surface area contributed by atoms with Gasteiger partial charge < -0.3 is 15.2 Å². The molecule has 1 heterocycles. The van der Waals surface area contributed by atoms with Crippen LogP contribution in [0.5, 0.6) is 5.75 Å². The van der Waals surface area contributed by atoms with Crippen molar-refractivity contribution in [2.24, 2.45) is 0 Å². The first-order valence-corrected chi connectivity index (χ1v) is 8.06. The third-order valence-electron chi connectivity index (χ3n) is 4.10. The molecule has 25 heavy (non-hydrogen) atoms. The molecular weight excluding hydrogens is 318 g/mol. The molecule has 130 valence electrons. The van der Waals surface area contributed by atoms with E-state index in [0.717, 1.165) is 22.6 Å². The molecule has 0 amide bonds. The average molecular weight is 339 g/mol. The Hall–Kier alpha value is -2.77. The van der Waals surface area contributed by atoms with Crippen LogP contribution in [0.3, 0.4) is 0 Å². The van der Waals surface area contributed by atoms with Gasteiger partial charge in [0.25, 0.3) is 0 Å². The summed E-state index contributed by atoms with van der Waals surface area (Å²) in [4.78, 5) is 0. The number of nitrogens with one attached hydrogen (secondary N) is 1. The van der Waals surface area contributed by atoms with Crippen LogP contribution in [-0.4, -0.2) is 39.0 Å². The number of benzene rings is 2. The van der Waals surface area contributed by atoms with Crippen molar-refractivity contribution in [1.82, 2.24) is 25.5 Å². The van der Waals surface area contributed by atoms with E-state index >= 15 is 0 Å². The van der Waals surface area contributed by atoms with Gasteiger partial charge in [0.1, 0.15) is 12.1 Å². The number of tetrazole rings is 1. The first kappa shape index (κ1) is 17.1. The van der Waals surface area contributed by atoms with Gasteiger partial charge in [-0.05, 0) is 52.7 Å². The summed E-state index contributed by atoms with van der Waals surface area (Å²) in [5.74, 6) is 0.739. The quantitative estimate of drug-likeness (QED) is 0.685. The molecule has 2 atom stereocenters. The predicted octanol–water partition coefficient (Wildman–Crippen LogP) is 2.06. The summed E-state index contributed by atoms with van der Waals surface area (Å²) in [7, 11) is 1.62. The van der Waals surface area contributed by atoms with Crippen molar-refractivity contribution in [1.29, 1.82) is 0 Å². The zero-order chi connectivity index (χ0) is 17.6. The van der Waals surface area contributed by atoms with Crippen LogP contribution in [0.2, 0.25) is 0 Å². The first-order chi connectivity index (χ1) is 12.2. The monoisotopic (exact) mass is 339 g/mol. The highest BCUT2D eigenvalue weighted by Gasteiger charge is 2.11. The summed E-state index contributed by atoms with van der Waals surface area (Å²) in [6, 6.07) is 15.5. The number of aliphatic hydroxyl groups excluding tert-OH is 1. The first-order valence-electron chi connectivity index (χ1n) is 8.06. The summed E-state index contributed by atoms with van der Waals surface area (Å²) < 4.78 is 6.80. The van der Waals surface area contributed by atoms with Gasteiger partial charge in [-0.25, -0.2) is 4.68 Å². The molecule has 0 aliphatic heterocycles. The Balaban J connectivity index is 1.59. The number of ether oxygens (including phenoxy) is 1. The van der Waals surface area contributed by atoms with Crippen LogP contribution in [0.25, 0.3) is 5.69 Å². The molecule has 2 N–H and O–H groups in total. The lowest BCUT2D eigenvalue weighted by molar-refractivity contribution is 0.170. The lowest BCUT2D eigenvalue weighted by Crippen LogP contribution is -2.24. The standard InChI is InChI=1S/C18H21N5O2/c1-13(14-6-8-16(9-7-14)23-12-20-21-22-23)19-11-18(24)15-4-3-5-17(10-15)25-2/h3-10,12-13,18-19,24H,11H2,1-2H3/t13-,18-/m0/s1. The van der Waals surface area contributed by atoms with Gasteiger partial charge in [0.2, 0.25) is 0 Å². The zero-order valence-corrected chi connectivity index (χ0v) is 14.2. The van der Waals surface area contributed by atoms with Crippen molar-refractivity contribution in [2.75, 3.05) is 13.7 Å². The maximum Gasteiger partial charge on any atom is 0.143 e. The highest BCUT2D eigenvalue weighted by molar-refractivity contribution is 5.34. The van der Waals surface area contributed by atoms with Gasteiger partial charge in [0.05, 0.1) is 18.9 Å². The molecule has 2 aromatic carbocycles. The largest absolute Gasteiger partial charge is 0.497 e. The number of aliphatic hydroxyl groups is 1. The normalized spacial score (nSPS) is 13.4. The van der Waals surface area contributed by atoms with E-state index in [0.29, 0.717) is 6.54 Å². The van der Waals surface area contributed by atoms with Crippen molar-refractivity contribution >= 4 is 0 Å². The van der Waals surface area contributed by atoms with Gasteiger partial charge in [-0.2, -0.15) is 0 Å². The number of rotatable bonds is 7. The molecule has 0 aliphatic carbocycles. The molecule has 0 bridgehead atoms. The molecule has 7 heteroatoms. The molecule has 3 rings (SSSR count). The summed E-state index contributed by atoms with van der Waals surface area (Å²) in [6.07, 6.45) is 0.958. The third kappa shape index (κ3) is 4.20. The van der Waals surface area contributed by atoms with Gasteiger partial charge in [-0.15, -0.1) is 5.10 Å². The molecule has 1 aromatic heterocycles. The van der Waals surface area contributed by atoms with Gasteiger partial charge >= 0.3 is 0 Å². The van der Waals surface area contributed by atoms with Gasteiger partial charge in [0.15, 0.2) is 0 Å². The number of hydrogen-bond donors (Lipinski definition) is 2. The van der Waals surface area contributed by atoms with Crippen LogP contribution < -0.4 is 10.1 Å². The average Bonchev–Trinajstić information content (AvgIpc) is 3.20. The van der Waals surface area contributed by atoms with Crippen molar-refractivity contribution < 1.29 is 9.84 Å². The molecule has 0 unspecified atom stereocenters. The molecule has 0 fully saturated rings. The Bertz CT molecular complexity index is 789. The third-order valence-corrected chi connectivity index (χ3v) is 4.10. The van der Waals surface area contributed by atoms with Crippen molar-refractivity contribution in [2.45, 2.75) is 19.1 Å². The maximum absolute atomic E-state index is 10.4. The van der Waals surface area contributed by atoms with E-state index in [9.17, 15) is 5.11 Å². The minimum absolute atomic E-state index is 0.100. The predicted molar refractivity (Wildman–Crippen MR) is 93.5 cm³/mol. The Morgan fingerprint density at radius 2 is 1.96 bits per heavy atom. The number of aromatic nitrogens is 4. The Labute approximate surface area is 146 Å². The van der Waals surface area contributed by atoms with E-state index in [1.54, 1.807) is 18.1 Å². The molecule has 7 nitrogen and oxygen atoms in total. The number of methoxy groups -OCH3 is 1. The van der Waals surface area contributed by atoms with E-state index in [4.69, 9.17) is 4.74 Å². The van der Waals surface area contributed by atoms with Gasteiger partial charge in [-0.3, -0.25) is 0 Å². The van der Waals surface area contributed by atoms with Gasteiger partial charge in [0, 0.05) is 12.6 Å². The van der Waals surface area contributed by atoms with E-state index in [2.05, 4.69) is 27.8 Å². The molecule has 0 saturated heterocycles. The van der Waals surface area contributed by atoms with Crippen LogP contribution in [0.4, 0.5) is 0 Å². The lowest BCUT2D eigenvalue weighted by atomic mass is 10.1. The highest BCUT2D eigenvalue weighted by Crippen LogP contribution is 2.20. The van der Waals surface area contributed by atoms with Crippen LogP contribution in [0.1, 0.15) is 30.2 Å². The second-order valence-electron chi connectivity index (χ2n) is 5.77. The lowest BCUT2D eigenvalue weighted by Gasteiger charge is -2.18. The number of hydrogen-bond acceptors (Lipinski definition) is 6. The van der Waals surface area contributed by atoms with E-state index < -0.39 is 6.10 Å². The summed E-state index contributed by atoms with van der Waals surface area (Å²) in [6.45, 7) is 2.51. The highest BCUT2D eigenvalue weighted by atomic mass is 16.5. The van der Waals surface area contributed by atoms with Crippen molar-refractivity contribution in [3.8, 4) is 11.4 Å². The fourth-order valence-electron chi connectivity index (χ4n) is 2.57. The van der Waals surface area contributed by atoms with E-state index in [1.807, 2.05) is 48.5 Å². The van der Waals surface area contributed by atoms with Crippen LogP contribution in [0, 0.1) is 0 Å². The minimum atomic E-state index is -0.599.